The van der Waals surface area contributed by atoms with Crippen molar-refractivity contribution in [1.82, 2.24) is 4.98 Å². The van der Waals surface area contributed by atoms with Crippen LogP contribution in [0.5, 0.6) is 0 Å². The summed E-state index contributed by atoms with van der Waals surface area (Å²) in [5, 5.41) is 1.11. The van der Waals surface area contributed by atoms with Gasteiger partial charge in [-0.15, -0.1) is 0 Å². The highest BCUT2D eigenvalue weighted by Gasteiger charge is 2.29. The third-order valence-corrected chi connectivity index (χ3v) is 3.70. The summed E-state index contributed by atoms with van der Waals surface area (Å²) in [5.74, 6) is 1.08. The predicted molar refractivity (Wildman–Crippen MR) is 76.8 cm³/mol. The van der Waals surface area contributed by atoms with E-state index in [-0.39, 0.29) is 0 Å². The van der Waals surface area contributed by atoms with E-state index in [2.05, 4.69) is 30.9 Å². The second-order valence-electron chi connectivity index (χ2n) is 5.96. The van der Waals surface area contributed by atoms with Crippen LogP contribution in [0.25, 0.3) is 10.9 Å². The number of hydrogen-bond donors (Lipinski definition) is 1. The Balaban J connectivity index is 1.97. The molecule has 0 bridgehead atoms. The Bertz CT molecular complexity index is 589. The van der Waals surface area contributed by atoms with Gasteiger partial charge in [-0.1, -0.05) is 13.8 Å². The first-order valence-corrected chi connectivity index (χ1v) is 6.45. The lowest BCUT2D eigenvalue weighted by Crippen LogP contribution is -2.23. The van der Waals surface area contributed by atoms with Crippen molar-refractivity contribution in [2.45, 2.75) is 20.3 Å². The number of hydrogen-bond acceptors (Lipinski definition) is 3. The van der Waals surface area contributed by atoms with Crippen LogP contribution in [0.1, 0.15) is 20.3 Å². The average Bonchev–Trinajstić information content (AvgIpc) is 2.69. The first-order chi connectivity index (χ1) is 8.53. The highest BCUT2D eigenvalue weighted by molar-refractivity contribution is 5.83. The van der Waals surface area contributed by atoms with E-state index in [9.17, 15) is 0 Å². The van der Waals surface area contributed by atoms with E-state index in [1.165, 1.54) is 6.42 Å². The molecule has 2 heterocycles. The molecule has 0 atom stereocenters. The van der Waals surface area contributed by atoms with Crippen molar-refractivity contribution in [3.05, 3.63) is 30.3 Å². The maximum absolute atomic E-state index is 5.78. The summed E-state index contributed by atoms with van der Waals surface area (Å²) in [6.07, 6.45) is 1.23. The Morgan fingerprint density at radius 1 is 1.22 bits per heavy atom. The van der Waals surface area contributed by atoms with Gasteiger partial charge in [0.2, 0.25) is 0 Å². The fourth-order valence-corrected chi connectivity index (χ4v) is 2.62. The maximum atomic E-state index is 5.78. The van der Waals surface area contributed by atoms with Gasteiger partial charge in [-0.3, -0.25) is 0 Å². The topological polar surface area (TPSA) is 42.1 Å². The van der Waals surface area contributed by atoms with Gasteiger partial charge in [0.15, 0.2) is 0 Å². The largest absolute Gasteiger partial charge is 0.399 e. The molecule has 1 aromatic carbocycles. The predicted octanol–water partition coefficient (Wildman–Crippen LogP) is 3.05. The van der Waals surface area contributed by atoms with Crippen LogP contribution in [0.4, 0.5) is 11.5 Å². The van der Waals surface area contributed by atoms with Crippen LogP contribution in [0.2, 0.25) is 0 Å². The minimum atomic E-state index is 0.401. The number of fused-ring (bicyclic) bond motifs is 1. The van der Waals surface area contributed by atoms with Gasteiger partial charge >= 0.3 is 0 Å². The van der Waals surface area contributed by atoms with Gasteiger partial charge < -0.3 is 10.6 Å². The molecule has 2 N–H and O–H groups in total. The lowest BCUT2D eigenvalue weighted by atomic mass is 9.93. The minimum absolute atomic E-state index is 0.401. The number of pyridine rings is 1. The molecule has 0 aliphatic carbocycles. The molecule has 0 amide bonds. The normalized spacial score (nSPS) is 18.4. The Kier molecular flexibility index (Phi) is 2.44. The van der Waals surface area contributed by atoms with Gasteiger partial charge in [0.25, 0.3) is 0 Å². The lowest BCUT2D eigenvalue weighted by Gasteiger charge is -2.20. The zero-order chi connectivity index (χ0) is 12.8. The van der Waals surface area contributed by atoms with Crippen molar-refractivity contribution in [2.75, 3.05) is 23.7 Å². The molecule has 3 nitrogen and oxygen atoms in total. The first-order valence-electron chi connectivity index (χ1n) is 6.45. The second kappa shape index (κ2) is 3.87. The monoisotopic (exact) mass is 241 g/mol. The van der Waals surface area contributed by atoms with Gasteiger partial charge in [-0.05, 0) is 42.2 Å². The van der Waals surface area contributed by atoms with E-state index >= 15 is 0 Å². The number of nitrogens with zero attached hydrogens (tertiary/aromatic N) is 2. The van der Waals surface area contributed by atoms with Gasteiger partial charge in [-0.2, -0.15) is 0 Å². The fourth-order valence-electron chi connectivity index (χ4n) is 2.62. The molecule has 3 rings (SSSR count). The van der Waals surface area contributed by atoms with Crippen LogP contribution >= 0.6 is 0 Å². The summed E-state index contributed by atoms with van der Waals surface area (Å²) in [6.45, 7) is 6.81. The Morgan fingerprint density at radius 2 is 2.06 bits per heavy atom. The van der Waals surface area contributed by atoms with Crippen molar-refractivity contribution in [3.8, 4) is 0 Å². The van der Waals surface area contributed by atoms with Crippen LogP contribution in [0.15, 0.2) is 30.3 Å². The van der Waals surface area contributed by atoms with Crippen molar-refractivity contribution in [1.29, 1.82) is 0 Å². The quantitative estimate of drug-likeness (QED) is 0.780. The maximum Gasteiger partial charge on any atom is 0.129 e. The van der Waals surface area contributed by atoms with E-state index in [1.807, 2.05) is 18.2 Å². The third-order valence-electron chi connectivity index (χ3n) is 3.70. The molecule has 1 aromatic heterocycles. The minimum Gasteiger partial charge on any atom is -0.399 e. The second-order valence-corrected chi connectivity index (χ2v) is 5.96. The average molecular weight is 241 g/mol. The Morgan fingerprint density at radius 3 is 2.78 bits per heavy atom. The SMILES string of the molecule is CC1(C)CCN(c2ccc3cc(N)ccc3n2)C1. The molecule has 1 saturated heterocycles. The molecule has 0 saturated carbocycles. The zero-order valence-corrected chi connectivity index (χ0v) is 11.0. The van der Waals surface area contributed by atoms with Gasteiger partial charge in [0.05, 0.1) is 5.52 Å². The number of nitrogens with two attached hydrogens (primary N) is 1. The van der Waals surface area contributed by atoms with Crippen LogP contribution in [0.3, 0.4) is 0 Å². The van der Waals surface area contributed by atoms with Crippen LogP contribution in [-0.2, 0) is 0 Å². The smallest absolute Gasteiger partial charge is 0.129 e. The number of benzene rings is 1. The lowest BCUT2D eigenvalue weighted by molar-refractivity contribution is 0.418. The van der Waals surface area contributed by atoms with Crippen LogP contribution < -0.4 is 10.6 Å². The summed E-state index contributed by atoms with van der Waals surface area (Å²) in [6, 6.07) is 10.1. The molecular weight excluding hydrogens is 222 g/mol. The van der Waals surface area contributed by atoms with Gasteiger partial charge in [0, 0.05) is 24.2 Å². The third kappa shape index (κ3) is 2.01. The molecular formula is C15H19N3. The fraction of sp³-hybridized carbons (Fsp3) is 0.400. The van der Waals surface area contributed by atoms with Crippen molar-refractivity contribution in [2.24, 2.45) is 5.41 Å². The Labute approximate surface area is 108 Å². The van der Waals surface area contributed by atoms with E-state index in [0.717, 1.165) is 35.5 Å². The summed E-state index contributed by atoms with van der Waals surface area (Å²) >= 11 is 0. The molecule has 0 unspecified atom stereocenters. The molecule has 3 heteroatoms. The number of anilines is 2. The molecule has 1 fully saturated rings. The van der Waals surface area contributed by atoms with Crippen LogP contribution in [-0.4, -0.2) is 18.1 Å². The number of rotatable bonds is 1. The standard InChI is InChI=1S/C15H19N3/c1-15(2)7-8-18(10-15)14-6-3-11-9-12(16)4-5-13(11)17-14/h3-6,9H,7-8,10,16H2,1-2H3. The number of aromatic nitrogens is 1. The molecule has 2 aromatic rings. The highest BCUT2D eigenvalue weighted by Crippen LogP contribution is 2.32. The summed E-state index contributed by atoms with van der Waals surface area (Å²) in [7, 11) is 0. The Hall–Kier alpha value is -1.77. The summed E-state index contributed by atoms with van der Waals surface area (Å²) < 4.78 is 0. The molecule has 1 aliphatic heterocycles. The van der Waals surface area contributed by atoms with Crippen molar-refractivity contribution in [3.63, 3.8) is 0 Å². The van der Waals surface area contributed by atoms with E-state index in [0.29, 0.717) is 5.41 Å². The first kappa shape index (κ1) is 11.3. The summed E-state index contributed by atoms with van der Waals surface area (Å²) in [4.78, 5) is 7.11. The highest BCUT2D eigenvalue weighted by atomic mass is 15.2. The van der Waals surface area contributed by atoms with E-state index < -0.39 is 0 Å². The zero-order valence-electron chi connectivity index (χ0n) is 11.0. The molecule has 0 spiro atoms. The van der Waals surface area contributed by atoms with Gasteiger partial charge in [0.1, 0.15) is 5.82 Å². The summed E-state index contributed by atoms with van der Waals surface area (Å²) in [5.41, 5.74) is 7.99. The van der Waals surface area contributed by atoms with Crippen molar-refractivity contribution >= 4 is 22.4 Å². The number of nitrogen functional groups attached to an aromatic ring is 1. The van der Waals surface area contributed by atoms with Gasteiger partial charge in [-0.25, -0.2) is 4.98 Å². The molecule has 1 aliphatic rings. The van der Waals surface area contributed by atoms with E-state index in [4.69, 9.17) is 10.7 Å². The molecule has 18 heavy (non-hydrogen) atoms. The molecule has 0 radical (unpaired) electrons. The van der Waals surface area contributed by atoms with Crippen molar-refractivity contribution < 1.29 is 0 Å². The van der Waals surface area contributed by atoms with Crippen LogP contribution in [0, 0.1) is 5.41 Å². The van der Waals surface area contributed by atoms with E-state index in [1.54, 1.807) is 0 Å². The molecule has 94 valence electrons.